The monoisotopic (exact) mass is 305 g/mol. The van der Waals surface area contributed by atoms with E-state index in [1.807, 2.05) is 6.92 Å². The Bertz CT molecular complexity index is 507. The molecule has 0 saturated carbocycles. The van der Waals surface area contributed by atoms with Crippen LogP contribution < -0.4 is 5.43 Å². The first-order chi connectivity index (χ1) is 10.7. The van der Waals surface area contributed by atoms with Crippen LogP contribution in [0.1, 0.15) is 44.6 Å². The summed E-state index contributed by atoms with van der Waals surface area (Å²) in [5, 5.41) is 4.18. The van der Waals surface area contributed by atoms with Gasteiger partial charge in [-0.2, -0.15) is 5.10 Å². The van der Waals surface area contributed by atoms with Gasteiger partial charge in [0.15, 0.2) is 0 Å². The van der Waals surface area contributed by atoms with Gasteiger partial charge < -0.3 is 4.90 Å². The number of hydrogen-bond acceptors (Lipinski definition) is 3. The van der Waals surface area contributed by atoms with Gasteiger partial charge in [-0.3, -0.25) is 4.79 Å². The third-order valence-corrected chi connectivity index (χ3v) is 3.93. The zero-order chi connectivity index (χ0) is 15.8. The molecule has 1 fully saturated rings. The van der Waals surface area contributed by atoms with E-state index in [2.05, 4.69) is 15.4 Å². The Balaban J connectivity index is 1.82. The number of amides is 1. The van der Waals surface area contributed by atoms with E-state index >= 15 is 0 Å². The molecule has 2 rings (SSSR count). The van der Waals surface area contributed by atoms with Gasteiger partial charge in [0.2, 0.25) is 5.91 Å². The fraction of sp³-hybridized carbons (Fsp3) is 0.529. The van der Waals surface area contributed by atoms with E-state index in [-0.39, 0.29) is 11.7 Å². The van der Waals surface area contributed by atoms with Crippen molar-refractivity contribution in [2.45, 2.75) is 39.0 Å². The number of halogens is 1. The molecule has 1 aliphatic heterocycles. The average molecular weight is 305 g/mol. The Morgan fingerprint density at radius 1 is 1.23 bits per heavy atom. The van der Waals surface area contributed by atoms with Crippen LogP contribution >= 0.6 is 0 Å². The van der Waals surface area contributed by atoms with E-state index < -0.39 is 0 Å². The lowest BCUT2D eigenvalue weighted by Crippen LogP contribution is -2.33. The maximum Gasteiger partial charge on any atom is 0.241 e. The van der Waals surface area contributed by atoms with Gasteiger partial charge in [-0.05, 0) is 50.0 Å². The molecule has 22 heavy (non-hydrogen) atoms. The number of likely N-dealkylation sites (tertiary alicyclic amines) is 1. The molecular weight excluding hydrogens is 281 g/mol. The molecule has 0 unspecified atom stereocenters. The number of hydrogen-bond donors (Lipinski definition) is 1. The van der Waals surface area contributed by atoms with E-state index in [0.717, 1.165) is 30.9 Å². The van der Waals surface area contributed by atoms with Crippen molar-refractivity contribution in [1.29, 1.82) is 0 Å². The molecule has 1 aromatic carbocycles. The molecule has 1 heterocycles. The third-order valence-electron chi connectivity index (χ3n) is 3.93. The molecule has 120 valence electrons. The average Bonchev–Trinajstić information content (AvgIpc) is 2.56. The smallest absolute Gasteiger partial charge is 0.241 e. The largest absolute Gasteiger partial charge is 0.303 e. The normalized spacial score (nSPS) is 16.5. The first-order valence-corrected chi connectivity index (χ1v) is 8.02. The van der Waals surface area contributed by atoms with Gasteiger partial charge in [0.1, 0.15) is 5.82 Å². The van der Waals surface area contributed by atoms with E-state index in [1.165, 1.54) is 31.4 Å². The number of hydrazone groups is 1. The van der Waals surface area contributed by atoms with Gasteiger partial charge >= 0.3 is 0 Å². The van der Waals surface area contributed by atoms with Crippen molar-refractivity contribution in [3.05, 3.63) is 35.6 Å². The van der Waals surface area contributed by atoms with Crippen LogP contribution in [0.5, 0.6) is 0 Å². The molecule has 1 aromatic rings. The van der Waals surface area contributed by atoms with Crippen molar-refractivity contribution in [2.24, 2.45) is 5.10 Å². The third kappa shape index (κ3) is 5.22. The fourth-order valence-corrected chi connectivity index (χ4v) is 2.62. The summed E-state index contributed by atoms with van der Waals surface area (Å²) in [5.41, 5.74) is 4.20. The van der Waals surface area contributed by atoms with Gasteiger partial charge in [-0.15, -0.1) is 0 Å². The van der Waals surface area contributed by atoms with Crippen molar-refractivity contribution in [1.82, 2.24) is 10.3 Å². The van der Waals surface area contributed by atoms with Crippen LogP contribution in [-0.4, -0.2) is 36.2 Å². The highest BCUT2D eigenvalue weighted by molar-refractivity contribution is 6.00. The predicted molar refractivity (Wildman–Crippen MR) is 86.3 cm³/mol. The first kappa shape index (κ1) is 16.6. The number of piperidine rings is 1. The molecule has 0 atom stereocenters. The summed E-state index contributed by atoms with van der Waals surface area (Å²) in [6.45, 7) is 4.93. The lowest BCUT2D eigenvalue weighted by atomic mass is 10.1. The Morgan fingerprint density at radius 3 is 2.55 bits per heavy atom. The zero-order valence-electron chi connectivity index (χ0n) is 13.1. The highest BCUT2D eigenvalue weighted by atomic mass is 19.1. The summed E-state index contributed by atoms with van der Waals surface area (Å²) in [6.07, 6.45) is 4.89. The Hall–Kier alpha value is -1.75. The van der Waals surface area contributed by atoms with Gasteiger partial charge in [0.25, 0.3) is 0 Å². The summed E-state index contributed by atoms with van der Waals surface area (Å²) in [5.74, 6) is -0.344. The van der Waals surface area contributed by atoms with Crippen molar-refractivity contribution in [3.63, 3.8) is 0 Å². The molecule has 0 bridgehead atoms. The molecule has 0 aromatic heterocycles. The van der Waals surface area contributed by atoms with Crippen LogP contribution in [0.3, 0.4) is 0 Å². The van der Waals surface area contributed by atoms with E-state index in [4.69, 9.17) is 0 Å². The van der Waals surface area contributed by atoms with Gasteiger partial charge in [0.05, 0.1) is 5.71 Å². The second-order valence-corrected chi connectivity index (χ2v) is 5.61. The Labute approximate surface area is 131 Å². The number of rotatable bonds is 6. The maximum atomic E-state index is 12.9. The number of benzene rings is 1. The van der Waals surface area contributed by atoms with Crippen LogP contribution in [0.15, 0.2) is 29.4 Å². The van der Waals surface area contributed by atoms with Crippen LogP contribution in [-0.2, 0) is 4.79 Å². The summed E-state index contributed by atoms with van der Waals surface area (Å²) in [7, 11) is 0. The van der Waals surface area contributed by atoms with Gasteiger partial charge in [-0.1, -0.05) is 25.5 Å². The van der Waals surface area contributed by atoms with Gasteiger partial charge in [-0.25, -0.2) is 9.82 Å². The highest BCUT2D eigenvalue weighted by Crippen LogP contribution is 2.09. The maximum absolute atomic E-state index is 12.9. The van der Waals surface area contributed by atoms with Crippen LogP contribution in [0.2, 0.25) is 0 Å². The van der Waals surface area contributed by atoms with Crippen molar-refractivity contribution < 1.29 is 9.18 Å². The predicted octanol–water partition coefficient (Wildman–Crippen LogP) is 2.93. The minimum absolute atomic E-state index is 0.0707. The lowest BCUT2D eigenvalue weighted by molar-refractivity contribution is -0.121. The molecule has 0 radical (unpaired) electrons. The topological polar surface area (TPSA) is 44.7 Å². The summed E-state index contributed by atoms with van der Waals surface area (Å²) in [4.78, 5) is 14.2. The highest BCUT2D eigenvalue weighted by Gasteiger charge is 2.11. The van der Waals surface area contributed by atoms with E-state index in [1.54, 1.807) is 12.1 Å². The van der Waals surface area contributed by atoms with Crippen molar-refractivity contribution in [2.75, 3.05) is 19.6 Å². The molecule has 1 N–H and O–H groups in total. The second kappa shape index (κ2) is 8.63. The van der Waals surface area contributed by atoms with Crippen LogP contribution in [0.25, 0.3) is 0 Å². The fourth-order valence-electron chi connectivity index (χ4n) is 2.62. The second-order valence-electron chi connectivity index (χ2n) is 5.61. The summed E-state index contributed by atoms with van der Waals surface area (Å²) in [6, 6.07) is 6.16. The van der Waals surface area contributed by atoms with Crippen LogP contribution in [0, 0.1) is 5.82 Å². The zero-order valence-corrected chi connectivity index (χ0v) is 13.1. The molecule has 4 nitrogen and oxygen atoms in total. The lowest BCUT2D eigenvalue weighted by Gasteiger charge is -2.25. The molecular formula is C17H24FN3O. The molecule has 1 amide bonds. The first-order valence-electron chi connectivity index (χ1n) is 8.02. The van der Waals surface area contributed by atoms with Gasteiger partial charge in [0, 0.05) is 13.0 Å². The number of carbonyl (C=O) groups excluding carboxylic acids is 1. The summed E-state index contributed by atoms with van der Waals surface area (Å²) < 4.78 is 12.9. The van der Waals surface area contributed by atoms with Crippen molar-refractivity contribution >= 4 is 11.6 Å². The molecule has 1 aliphatic rings. The molecule has 5 heteroatoms. The summed E-state index contributed by atoms with van der Waals surface area (Å²) >= 11 is 0. The SMILES string of the molecule is CC/C(=N\NC(=O)CCN1CCCCC1)c1ccc(F)cc1. The number of nitrogens with one attached hydrogen (secondary N) is 1. The molecule has 0 aliphatic carbocycles. The van der Waals surface area contributed by atoms with Crippen molar-refractivity contribution in [3.8, 4) is 0 Å². The van der Waals surface area contributed by atoms with Crippen LogP contribution in [0.4, 0.5) is 4.39 Å². The van der Waals surface area contributed by atoms with E-state index in [9.17, 15) is 9.18 Å². The standard InChI is InChI=1S/C17H24FN3O/c1-2-16(14-6-8-15(18)9-7-14)19-20-17(22)10-13-21-11-4-3-5-12-21/h6-9H,2-5,10-13H2,1H3,(H,20,22)/b19-16+. The number of nitrogens with zero attached hydrogens (tertiary/aromatic N) is 2. The minimum Gasteiger partial charge on any atom is -0.303 e. The molecule has 1 saturated heterocycles. The number of carbonyl (C=O) groups is 1. The molecule has 0 spiro atoms. The quantitative estimate of drug-likeness (QED) is 0.649. The van der Waals surface area contributed by atoms with E-state index in [0.29, 0.717) is 12.8 Å². The minimum atomic E-state index is -0.273. The Morgan fingerprint density at radius 2 is 1.91 bits per heavy atom. The Kier molecular flexibility index (Phi) is 6.52.